The van der Waals surface area contributed by atoms with E-state index in [4.69, 9.17) is 23.2 Å². The number of rotatable bonds is 3. The smallest absolute Gasteiger partial charge is 0.247 e. The van der Waals surface area contributed by atoms with Crippen LogP contribution in [0.4, 0.5) is 0 Å². The fourth-order valence-corrected chi connectivity index (χ4v) is 2.87. The van der Waals surface area contributed by atoms with Crippen molar-refractivity contribution in [1.29, 1.82) is 0 Å². The Kier molecular flexibility index (Phi) is 4.64. The first-order valence-electron chi connectivity index (χ1n) is 7.28. The van der Waals surface area contributed by atoms with Crippen LogP contribution in [0.3, 0.4) is 0 Å². The average Bonchev–Trinajstić information content (AvgIpc) is 3.03. The molecule has 2 aromatic carbocycles. The van der Waals surface area contributed by atoms with Crippen LogP contribution in [0.25, 0.3) is 0 Å². The molecule has 0 fully saturated rings. The quantitative estimate of drug-likeness (QED) is 0.873. The molecule has 2 aromatic rings. The molecule has 1 aliphatic rings. The Balaban J connectivity index is 1.76. The van der Waals surface area contributed by atoms with Gasteiger partial charge in [0, 0.05) is 17.0 Å². The zero-order valence-corrected chi connectivity index (χ0v) is 14.1. The van der Waals surface area contributed by atoms with Gasteiger partial charge in [-0.05, 0) is 35.9 Å². The largest absolute Gasteiger partial charge is 0.507 e. The molecule has 1 aliphatic heterocycles. The lowest BCUT2D eigenvalue weighted by atomic mass is 10.1. The number of carbonyl (C=O) groups is 1. The predicted molar refractivity (Wildman–Crippen MR) is 92.8 cm³/mol. The van der Waals surface area contributed by atoms with Gasteiger partial charge in [0.25, 0.3) is 0 Å². The zero-order chi connectivity index (χ0) is 17.3. The Morgan fingerprint density at radius 2 is 1.88 bits per heavy atom. The van der Waals surface area contributed by atoms with Gasteiger partial charge in [0.15, 0.2) is 0 Å². The molecule has 0 saturated heterocycles. The van der Waals surface area contributed by atoms with E-state index in [0.717, 1.165) is 0 Å². The number of benzene rings is 2. The first-order valence-corrected chi connectivity index (χ1v) is 8.04. The third kappa shape index (κ3) is 3.47. The molecular formula is C17H14Cl2N2O3. The molecule has 0 aliphatic carbocycles. The fourth-order valence-electron chi connectivity index (χ4n) is 2.49. The van der Waals surface area contributed by atoms with Crippen molar-refractivity contribution in [3.05, 3.63) is 57.6 Å². The standard InChI is InChI=1S/C17H14Cl2N2O3/c18-11-2-4-15(22)12(9-11)14-5-6-21(20-14)17(24)8-10-1-3-16(23)13(19)7-10/h1-4,7,9,22-23H,5-6,8H2. The average molecular weight is 365 g/mol. The van der Waals surface area contributed by atoms with Crippen molar-refractivity contribution >= 4 is 34.8 Å². The highest BCUT2D eigenvalue weighted by Gasteiger charge is 2.23. The lowest BCUT2D eigenvalue weighted by Gasteiger charge is -2.11. The summed E-state index contributed by atoms with van der Waals surface area (Å²) in [5.74, 6) is -0.128. The van der Waals surface area contributed by atoms with Gasteiger partial charge in [-0.1, -0.05) is 29.3 Å². The second-order valence-corrected chi connectivity index (χ2v) is 6.28. The Morgan fingerprint density at radius 1 is 1.12 bits per heavy atom. The molecule has 2 N–H and O–H groups in total. The molecule has 1 heterocycles. The maximum Gasteiger partial charge on any atom is 0.247 e. The van der Waals surface area contributed by atoms with E-state index in [0.29, 0.717) is 34.8 Å². The van der Waals surface area contributed by atoms with E-state index < -0.39 is 0 Å². The summed E-state index contributed by atoms with van der Waals surface area (Å²) in [6.45, 7) is 0.436. The minimum Gasteiger partial charge on any atom is -0.507 e. The monoisotopic (exact) mass is 364 g/mol. The molecular weight excluding hydrogens is 351 g/mol. The molecule has 0 unspecified atom stereocenters. The summed E-state index contributed by atoms with van der Waals surface area (Å²) in [4.78, 5) is 12.4. The van der Waals surface area contributed by atoms with Crippen LogP contribution >= 0.6 is 23.2 Å². The number of phenols is 2. The van der Waals surface area contributed by atoms with Crippen molar-refractivity contribution in [3.63, 3.8) is 0 Å². The SMILES string of the molecule is O=C(Cc1ccc(O)c(Cl)c1)N1CCC(c2cc(Cl)ccc2O)=N1. The lowest BCUT2D eigenvalue weighted by molar-refractivity contribution is -0.130. The highest BCUT2D eigenvalue weighted by Crippen LogP contribution is 2.27. The summed E-state index contributed by atoms with van der Waals surface area (Å²) in [5.41, 5.74) is 1.84. The topological polar surface area (TPSA) is 73.1 Å². The van der Waals surface area contributed by atoms with E-state index in [9.17, 15) is 15.0 Å². The summed E-state index contributed by atoms with van der Waals surface area (Å²) in [6.07, 6.45) is 0.661. The second-order valence-electron chi connectivity index (χ2n) is 5.44. The van der Waals surface area contributed by atoms with Gasteiger partial charge in [0.2, 0.25) is 5.91 Å². The van der Waals surface area contributed by atoms with Gasteiger partial charge in [0.1, 0.15) is 11.5 Å². The van der Waals surface area contributed by atoms with Gasteiger partial charge in [-0.15, -0.1) is 0 Å². The molecule has 1 amide bonds. The van der Waals surface area contributed by atoms with Gasteiger partial charge < -0.3 is 10.2 Å². The van der Waals surface area contributed by atoms with Crippen LogP contribution in [0, 0.1) is 0 Å². The number of hydrogen-bond donors (Lipinski definition) is 2. The maximum atomic E-state index is 12.4. The number of nitrogens with zero attached hydrogens (tertiary/aromatic N) is 2. The maximum absolute atomic E-state index is 12.4. The van der Waals surface area contributed by atoms with Crippen molar-refractivity contribution in [2.45, 2.75) is 12.8 Å². The molecule has 124 valence electrons. The number of phenolic OH excluding ortho intramolecular Hbond substituents is 2. The normalized spacial score (nSPS) is 13.9. The number of aromatic hydroxyl groups is 2. The van der Waals surface area contributed by atoms with E-state index in [1.165, 1.54) is 17.1 Å². The Labute approximate surface area is 148 Å². The molecule has 0 bridgehead atoms. The van der Waals surface area contributed by atoms with Crippen LogP contribution in [-0.2, 0) is 11.2 Å². The van der Waals surface area contributed by atoms with Gasteiger partial charge in [-0.25, -0.2) is 5.01 Å². The number of halogens is 2. The van der Waals surface area contributed by atoms with E-state index in [1.807, 2.05) is 0 Å². The van der Waals surface area contributed by atoms with Gasteiger partial charge >= 0.3 is 0 Å². The number of hydrogen-bond acceptors (Lipinski definition) is 4. The van der Waals surface area contributed by atoms with Crippen molar-refractivity contribution < 1.29 is 15.0 Å². The molecule has 24 heavy (non-hydrogen) atoms. The Morgan fingerprint density at radius 3 is 2.62 bits per heavy atom. The molecule has 0 atom stereocenters. The third-order valence-corrected chi connectivity index (χ3v) is 4.26. The molecule has 0 radical (unpaired) electrons. The fraction of sp³-hybridized carbons (Fsp3) is 0.176. The minimum atomic E-state index is -0.187. The van der Waals surface area contributed by atoms with Crippen molar-refractivity contribution in [2.75, 3.05) is 6.54 Å². The molecule has 5 nitrogen and oxygen atoms in total. The minimum absolute atomic E-state index is 0.0224. The second kappa shape index (κ2) is 6.71. The molecule has 0 aromatic heterocycles. The molecule has 0 saturated carbocycles. The number of hydrazone groups is 1. The van der Waals surface area contributed by atoms with Crippen molar-refractivity contribution in [2.24, 2.45) is 5.10 Å². The van der Waals surface area contributed by atoms with Crippen LogP contribution in [0.1, 0.15) is 17.5 Å². The van der Waals surface area contributed by atoms with Crippen LogP contribution < -0.4 is 0 Å². The van der Waals surface area contributed by atoms with Crippen LogP contribution in [0.2, 0.25) is 10.0 Å². The van der Waals surface area contributed by atoms with E-state index >= 15 is 0 Å². The molecule has 3 rings (SSSR count). The Hall–Kier alpha value is -2.24. The van der Waals surface area contributed by atoms with Crippen LogP contribution in [-0.4, -0.2) is 33.4 Å². The summed E-state index contributed by atoms with van der Waals surface area (Å²) in [5, 5.41) is 25.7. The Bertz CT molecular complexity index is 837. The van der Waals surface area contributed by atoms with Gasteiger partial charge in [-0.2, -0.15) is 5.10 Å². The molecule has 0 spiro atoms. The van der Waals surface area contributed by atoms with Crippen LogP contribution in [0.5, 0.6) is 11.5 Å². The number of amides is 1. The predicted octanol–water partition coefficient (Wildman–Crippen LogP) is 3.58. The van der Waals surface area contributed by atoms with Crippen molar-refractivity contribution in [1.82, 2.24) is 5.01 Å². The summed E-state index contributed by atoms with van der Waals surface area (Å²) < 4.78 is 0. The van der Waals surface area contributed by atoms with Gasteiger partial charge in [-0.3, -0.25) is 4.79 Å². The lowest BCUT2D eigenvalue weighted by Crippen LogP contribution is -2.25. The summed E-state index contributed by atoms with van der Waals surface area (Å²) >= 11 is 11.8. The third-order valence-electron chi connectivity index (χ3n) is 3.73. The van der Waals surface area contributed by atoms with Gasteiger partial charge in [0.05, 0.1) is 23.7 Å². The van der Waals surface area contributed by atoms with Crippen LogP contribution in [0.15, 0.2) is 41.5 Å². The van der Waals surface area contributed by atoms with E-state index in [1.54, 1.807) is 24.3 Å². The summed E-state index contributed by atoms with van der Waals surface area (Å²) in [7, 11) is 0. The highest BCUT2D eigenvalue weighted by atomic mass is 35.5. The van der Waals surface area contributed by atoms with Crippen molar-refractivity contribution in [3.8, 4) is 11.5 Å². The first kappa shape index (κ1) is 16.6. The molecule has 7 heteroatoms. The van der Waals surface area contributed by atoms with E-state index in [-0.39, 0.29) is 28.8 Å². The van der Waals surface area contributed by atoms with E-state index in [2.05, 4.69) is 5.10 Å². The first-order chi connectivity index (χ1) is 11.4. The zero-order valence-electron chi connectivity index (χ0n) is 12.5. The summed E-state index contributed by atoms with van der Waals surface area (Å²) in [6, 6.07) is 9.37. The number of carbonyl (C=O) groups excluding carboxylic acids is 1. The highest BCUT2D eigenvalue weighted by molar-refractivity contribution is 6.32.